The van der Waals surface area contributed by atoms with Gasteiger partial charge in [0.25, 0.3) is 5.91 Å². The first-order valence-electron chi connectivity index (χ1n) is 10.6. The van der Waals surface area contributed by atoms with Crippen LogP contribution in [0.2, 0.25) is 0 Å². The van der Waals surface area contributed by atoms with Crippen molar-refractivity contribution in [2.45, 2.75) is 77.9 Å². The number of carboxylic acids is 1. The van der Waals surface area contributed by atoms with E-state index in [4.69, 9.17) is 9.15 Å². The Labute approximate surface area is 175 Å². The van der Waals surface area contributed by atoms with Crippen LogP contribution >= 0.6 is 0 Å². The predicted molar refractivity (Wildman–Crippen MR) is 113 cm³/mol. The molecule has 0 unspecified atom stereocenters. The smallest absolute Gasteiger partial charge is 0.339 e. The Morgan fingerprint density at radius 2 is 1.93 bits per heavy atom. The number of carboxylic acid groups (broad SMARTS) is 1. The maximum absolute atomic E-state index is 12.5. The van der Waals surface area contributed by atoms with Crippen molar-refractivity contribution in [3.05, 3.63) is 39.2 Å². The average Bonchev–Trinajstić information content (AvgIpc) is 2.73. The molecule has 0 saturated carbocycles. The number of unbranched alkanes of at least 4 members (excludes halogenated alkanes) is 1. The molecule has 30 heavy (non-hydrogen) atoms. The van der Waals surface area contributed by atoms with Gasteiger partial charge in [0.1, 0.15) is 17.4 Å². The lowest BCUT2D eigenvalue weighted by Crippen LogP contribution is -2.46. The molecular weight excluding hydrogens is 386 g/mol. The van der Waals surface area contributed by atoms with Crippen molar-refractivity contribution in [3.8, 4) is 5.75 Å². The minimum absolute atomic E-state index is 0.302. The number of hydrogen-bond donors (Lipinski definition) is 2. The lowest BCUT2D eigenvalue weighted by atomic mass is 9.90. The molecule has 1 heterocycles. The number of amides is 1. The summed E-state index contributed by atoms with van der Waals surface area (Å²) in [7, 11) is 0. The monoisotopic (exact) mass is 415 g/mol. The quantitative estimate of drug-likeness (QED) is 0.639. The molecule has 3 rings (SSSR count). The van der Waals surface area contributed by atoms with Crippen molar-refractivity contribution in [1.29, 1.82) is 0 Å². The molecule has 2 atom stereocenters. The Kier molecular flexibility index (Phi) is 6.80. The number of benzene rings is 1. The van der Waals surface area contributed by atoms with Gasteiger partial charge in [0, 0.05) is 16.5 Å². The summed E-state index contributed by atoms with van der Waals surface area (Å²) in [6, 6.07) is 2.71. The number of hydrogen-bond acceptors (Lipinski definition) is 5. The lowest BCUT2D eigenvalue weighted by molar-refractivity contribution is -0.143. The second-order valence-corrected chi connectivity index (χ2v) is 7.92. The summed E-state index contributed by atoms with van der Waals surface area (Å²) in [6.45, 7) is 5.33. The molecule has 0 bridgehead atoms. The molecule has 0 aliphatic heterocycles. The maximum Gasteiger partial charge on any atom is 0.339 e. The summed E-state index contributed by atoms with van der Waals surface area (Å²) in [6.07, 6.45) is 4.66. The van der Waals surface area contributed by atoms with Crippen LogP contribution in [0.15, 0.2) is 21.3 Å². The third kappa shape index (κ3) is 4.50. The van der Waals surface area contributed by atoms with Crippen molar-refractivity contribution in [1.82, 2.24) is 5.32 Å². The summed E-state index contributed by atoms with van der Waals surface area (Å²) < 4.78 is 11.4. The van der Waals surface area contributed by atoms with Gasteiger partial charge in [-0.1, -0.05) is 19.8 Å². The fraction of sp³-hybridized carbons (Fsp3) is 0.522. The minimum Gasteiger partial charge on any atom is -0.480 e. The average molecular weight is 415 g/mol. The van der Waals surface area contributed by atoms with Gasteiger partial charge in [-0.3, -0.25) is 4.79 Å². The van der Waals surface area contributed by atoms with Crippen LogP contribution < -0.4 is 15.7 Å². The highest BCUT2D eigenvalue weighted by Gasteiger charge is 2.25. The maximum atomic E-state index is 12.5. The second kappa shape index (κ2) is 9.32. The molecule has 0 radical (unpaired) electrons. The van der Waals surface area contributed by atoms with Gasteiger partial charge in [-0.25, -0.2) is 9.59 Å². The van der Waals surface area contributed by atoms with Crippen molar-refractivity contribution in [2.75, 3.05) is 0 Å². The SMILES string of the molecule is CCCC[C@H](NC(=O)[C@@H](C)Oc1ccc2c3c(c(=O)oc2c1C)CCCC3)C(=O)O. The largest absolute Gasteiger partial charge is 0.480 e. The predicted octanol–water partition coefficient (Wildman–Crippen LogP) is 3.51. The Bertz CT molecular complexity index is 1010. The van der Waals surface area contributed by atoms with Gasteiger partial charge < -0.3 is 19.6 Å². The Balaban J connectivity index is 1.81. The Morgan fingerprint density at radius 3 is 2.60 bits per heavy atom. The zero-order valence-electron chi connectivity index (χ0n) is 17.7. The van der Waals surface area contributed by atoms with Crippen LogP contribution in [-0.2, 0) is 22.4 Å². The first kappa shape index (κ1) is 21.9. The number of carbonyl (C=O) groups is 2. The van der Waals surface area contributed by atoms with Gasteiger partial charge in [-0.15, -0.1) is 0 Å². The normalized spacial score (nSPS) is 15.3. The van der Waals surface area contributed by atoms with E-state index in [1.807, 2.05) is 13.0 Å². The highest BCUT2D eigenvalue weighted by Crippen LogP contribution is 2.32. The van der Waals surface area contributed by atoms with E-state index in [2.05, 4.69) is 5.32 Å². The van der Waals surface area contributed by atoms with Crippen molar-refractivity contribution >= 4 is 22.8 Å². The number of rotatable bonds is 8. The second-order valence-electron chi connectivity index (χ2n) is 7.92. The molecule has 1 aliphatic carbocycles. The molecule has 0 spiro atoms. The van der Waals surface area contributed by atoms with Gasteiger partial charge in [0.15, 0.2) is 6.10 Å². The topological polar surface area (TPSA) is 106 Å². The molecule has 1 amide bonds. The lowest BCUT2D eigenvalue weighted by Gasteiger charge is -2.21. The number of nitrogens with one attached hydrogen (secondary N) is 1. The van der Waals surface area contributed by atoms with Gasteiger partial charge >= 0.3 is 11.6 Å². The minimum atomic E-state index is -1.06. The van der Waals surface area contributed by atoms with Crippen molar-refractivity contribution in [2.24, 2.45) is 0 Å². The van der Waals surface area contributed by atoms with Crippen LogP contribution in [-0.4, -0.2) is 29.1 Å². The zero-order chi connectivity index (χ0) is 21.8. The van der Waals surface area contributed by atoms with Crippen LogP contribution in [0.3, 0.4) is 0 Å². The molecular formula is C23H29NO6. The molecule has 0 saturated heterocycles. The standard InChI is InChI=1S/C23H29NO6/c1-4-5-10-18(22(26)27)24-21(25)14(3)29-19-12-11-16-15-8-6-7-9-17(15)23(28)30-20(16)13(19)2/h11-12,14,18H,4-10H2,1-3H3,(H,24,25)(H,26,27)/t14-,18+/m1/s1. The zero-order valence-corrected chi connectivity index (χ0v) is 17.7. The first-order chi connectivity index (χ1) is 14.3. The number of aryl methyl sites for hydroxylation is 2. The molecule has 162 valence electrons. The fourth-order valence-electron chi connectivity index (χ4n) is 3.95. The summed E-state index contributed by atoms with van der Waals surface area (Å²) in [5.41, 5.74) is 2.65. The molecule has 2 aromatic rings. The van der Waals surface area contributed by atoms with Crippen LogP contribution in [0.4, 0.5) is 0 Å². The number of fused-ring (bicyclic) bond motifs is 3. The fourth-order valence-corrected chi connectivity index (χ4v) is 3.95. The van der Waals surface area contributed by atoms with Gasteiger partial charge in [0.2, 0.25) is 0 Å². The van der Waals surface area contributed by atoms with E-state index in [-0.39, 0.29) is 5.63 Å². The highest BCUT2D eigenvalue weighted by atomic mass is 16.5. The van der Waals surface area contributed by atoms with E-state index in [1.54, 1.807) is 19.9 Å². The third-order valence-corrected chi connectivity index (χ3v) is 5.72. The number of carbonyl (C=O) groups excluding carboxylic acids is 1. The van der Waals surface area contributed by atoms with Crippen LogP contribution in [0, 0.1) is 6.92 Å². The van der Waals surface area contributed by atoms with E-state index in [0.717, 1.165) is 48.6 Å². The van der Waals surface area contributed by atoms with Gasteiger partial charge in [-0.2, -0.15) is 0 Å². The molecule has 1 aliphatic rings. The molecule has 2 N–H and O–H groups in total. The molecule has 1 aromatic heterocycles. The summed E-state index contributed by atoms with van der Waals surface area (Å²) in [4.78, 5) is 36.3. The van der Waals surface area contributed by atoms with E-state index < -0.39 is 24.0 Å². The van der Waals surface area contributed by atoms with Gasteiger partial charge in [0.05, 0.1) is 0 Å². The van der Waals surface area contributed by atoms with Crippen LogP contribution in [0.25, 0.3) is 11.0 Å². The molecule has 7 nitrogen and oxygen atoms in total. The third-order valence-electron chi connectivity index (χ3n) is 5.72. The molecule has 0 fully saturated rings. The summed E-state index contributed by atoms with van der Waals surface area (Å²) in [5.74, 6) is -1.12. The molecule has 7 heteroatoms. The summed E-state index contributed by atoms with van der Waals surface area (Å²) >= 11 is 0. The Morgan fingerprint density at radius 1 is 1.23 bits per heavy atom. The highest BCUT2D eigenvalue weighted by molar-refractivity contribution is 5.88. The van der Waals surface area contributed by atoms with Gasteiger partial charge in [-0.05, 0) is 63.6 Å². The van der Waals surface area contributed by atoms with E-state index in [9.17, 15) is 19.5 Å². The number of ether oxygens (including phenoxy) is 1. The van der Waals surface area contributed by atoms with Crippen molar-refractivity contribution in [3.63, 3.8) is 0 Å². The first-order valence-corrected chi connectivity index (χ1v) is 10.6. The van der Waals surface area contributed by atoms with E-state index in [1.165, 1.54) is 0 Å². The number of aliphatic carboxylic acids is 1. The summed E-state index contributed by atoms with van der Waals surface area (Å²) in [5, 5.41) is 12.8. The van der Waals surface area contributed by atoms with Crippen molar-refractivity contribution < 1.29 is 23.8 Å². The molecule has 1 aromatic carbocycles. The van der Waals surface area contributed by atoms with E-state index in [0.29, 0.717) is 29.7 Å². The van der Waals surface area contributed by atoms with Crippen LogP contribution in [0.1, 0.15) is 62.6 Å². The Hall–Kier alpha value is -2.83. The van der Waals surface area contributed by atoms with E-state index >= 15 is 0 Å². The van der Waals surface area contributed by atoms with Crippen LogP contribution in [0.5, 0.6) is 5.75 Å².